The van der Waals surface area contributed by atoms with Crippen molar-refractivity contribution in [1.29, 1.82) is 10.5 Å². The Morgan fingerprint density at radius 1 is 1.10 bits per heavy atom. The first kappa shape index (κ1) is 18.9. The third kappa shape index (κ3) is 3.31. The van der Waals surface area contributed by atoms with Crippen LogP contribution >= 0.6 is 27.5 Å². The molecular weight excluding hydrogens is 452 g/mol. The molecule has 0 atom stereocenters. The van der Waals surface area contributed by atoms with Crippen molar-refractivity contribution < 1.29 is 0 Å². The smallest absolute Gasteiger partial charge is 0.163 e. The van der Waals surface area contributed by atoms with Crippen LogP contribution in [0, 0.1) is 22.7 Å². The average Bonchev–Trinajstić information content (AvgIpc) is 3.13. The first-order valence-corrected chi connectivity index (χ1v) is 9.73. The standard InChI is InChI=1S/C21H12BrClN6/c22-18-12-28-21-20(27-11-13-4-3-7-26-10-13)15(8-24)19(17(9-25)29(18)21)14-5-1-2-6-16(14)23/h1-7,10,12,27H,11H2. The maximum atomic E-state index is 10.0. The summed E-state index contributed by atoms with van der Waals surface area (Å²) in [5.41, 5.74) is 3.60. The van der Waals surface area contributed by atoms with Crippen LogP contribution in [-0.4, -0.2) is 14.4 Å². The molecule has 0 unspecified atom stereocenters. The van der Waals surface area contributed by atoms with Crippen molar-refractivity contribution in [2.24, 2.45) is 0 Å². The molecule has 0 aliphatic carbocycles. The van der Waals surface area contributed by atoms with E-state index in [1.165, 1.54) is 0 Å². The van der Waals surface area contributed by atoms with Crippen molar-refractivity contribution in [3.63, 3.8) is 0 Å². The second-order valence-electron chi connectivity index (χ2n) is 6.13. The number of hydrogen-bond acceptors (Lipinski definition) is 5. The molecule has 0 amide bonds. The van der Waals surface area contributed by atoms with E-state index < -0.39 is 0 Å². The number of nitrogens with one attached hydrogen (secondary N) is 1. The molecule has 29 heavy (non-hydrogen) atoms. The van der Waals surface area contributed by atoms with E-state index >= 15 is 0 Å². The summed E-state index contributed by atoms with van der Waals surface area (Å²) in [6.45, 7) is 0.441. The zero-order valence-electron chi connectivity index (χ0n) is 14.9. The molecule has 0 aliphatic rings. The Balaban J connectivity index is 2.02. The van der Waals surface area contributed by atoms with E-state index in [1.54, 1.807) is 41.2 Å². The summed E-state index contributed by atoms with van der Waals surface area (Å²) in [6, 6.07) is 15.4. The number of nitrogens with zero attached hydrogens (tertiary/aromatic N) is 5. The highest BCUT2D eigenvalue weighted by atomic mass is 79.9. The van der Waals surface area contributed by atoms with Gasteiger partial charge in [-0.3, -0.25) is 9.38 Å². The Labute approximate surface area is 180 Å². The first-order valence-electron chi connectivity index (χ1n) is 8.56. The minimum Gasteiger partial charge on any atom is -0.377 e. The lowest BCUT2D eigenvalue weighted by Gasteiger charge is -2.17. The molecule has 140 valence electrons. The predicted octanol–water partition coefficient (Wildman–Crippen LogP) is 5.17. The fraction of sp³-hybridized carbons (Fsp3) is 0.0476. The monoisotopic (exact) mass is 462 g/mol. The number of hydrogen-bond donors (Lipinski definition) is 1. The molecule has 3 aromatic heterocycles. The minimum absolute atomic E-state index is 0.279. The van der Waals surface area contributed by atoms with Gasteiger partial charge in [-0.15, -0.1) is 0 Å². The highest BCUT2D eigenvalue weighted by molar-refractivity contribution is 9.10. The average molecular weight is 464 g/mol. The molecule has 8 heteroatoms. The van der Waals surface area contributed by atoms with Crippen molar-refractivity contribution in [2.45, 2.75) is 6.54 Å². The van der Waals surface area contributed by atoms with E-state index in [2.05, 4.69) is 43.4 Å². The Bertz CT molecular complexity index is 1300. The molecule has 4 aromatic rings. The van der Waals surface area contributed by atoms with Crippen LogP contribution in [-0.2, 0) is 6.54 Å². The van der Waals surface area contributed by atoms with Crippen LogP contribution in [0.4, 0.5) is 5.69 Å². The number of aromatic nitrogens is 3. The van der Waals surface area contributed by atoms with Gasteiger partial charge in [0.15, 0.2) is 5.65 Å². The Morgan fingerprint density at radius 2 is 1.93 bits per heavy atom. The van der Waals surface area contributed by atoms with Gasteiger partial charge in [-0.05, 0) is 33.6 Å². The van der Waals surface area contributed by atoms with Crippen molar-refractivity contribution in [1.82, 2.24) is 14.4 Å². The number of halogens is 2. The highest BCUT2D eigenvalue weighted by Gasteiger charge is 2.24. The lowest BCUT2D eigenvalue weighted by Crippen LogP contribution is -2.09. The molecule has 4 rings (SSSR count). The van der Waals surface area contributed by atoms with Gasteiger partial charge in [0.05, 0.1) is 17.4 Å². The van der Waals surface area contributed by atoms with Crippen LogP contribution in [0.15, 0.2) is 59.6 Å². The minimum atomic E-state index is 0.279. The fourth-order valence-electron chi connectivity index (χ4n) is 3.19. The molecule has 0 fully saturated rings. The van der Waals surface area contributed by atoms with Crippen LogP contribution in [0.5, 0.6) is 0 Å². The second kappa shape index (κ2) is 7.92. The SMILES string of the molecule is N#Cc1c(-c2ccccc2Cl)c(C#N)n2c(Br)cnc2c1NCc1cccnc1. The molecule has 3 heterocycles. The normalized spacial score (nSPS) is 10.5. The molecule has 0 radical (unpaired) electrons. The van der Waals surface area contributed by atoms with Gasteiger partial charge in [-0.2, -0.15) is 10.5 Å². The van der Waals surface area contributed by atoms with Gasteiger partial charge in [-0.1, -0.05) is 35.9 Å². The molecule has 0 saturated heterocycles. The van der Waals surface area contributed by atoms with Crippen LogP contribution in [0.25, 0.3) is 16.8 Å². The Hall–Kier alpha value is -3.39. The van der Waals surface area contributed by atoms with E-state index in [0.717, 1.165) is 5.56 Å². The maximum absolute atomic E-state index is 10.0. The number of fused-ring (bicyclic) bond motifs is 1. The highest BCUT2D eigenvalue weighted by Crippen LogP contribution is 2.39. The molecule has 1 N–H and O–H groups in total. The van der Waals surface area contributed by atoms with Gasteiger partial charge in [0.2, 0.25) is 0 Å². The second-order valence-corrected chi connectivity index (χ2v) is 7.35. The topological polar surface area (TPSA) is 89.8 Å². The van der Waals surface area contributed by atoms with E-state index in [9.17, 15) is 10.5 Å². The molecule has 0 bridgehead atoms. The van der Waals surface area contributed by atoms with Gasteiger partial charge in [0, 0.05) is 35.1 Å². The molecule has 6 nitrogen and oxygen atoms in total. The lowest BCUT2D eigenvalue weighted by molar-refractivity contribution is 1.08. The van der Waals surface area contributed by atoms with Gasteiger partial charge in [0.25, 0.3) is 0 Å². The molecule has 0 spiro atoms. The maximum Gasteiger partial charge on any atom is 0.163 e. The summed E-state index contributed by atoms with van der Waals surface area (Å²) >= 11 is 9.88. The van der Waals surface area contributed by atoms with Gasteiger partial charge in [0.1, 0.15) is 22.4 Å². The van der Waals surface area contributed by atoms with Gasteiger partial charge >= 0.3 is 0 Å². The number of rotatable bonds is 4. The van der Waals surface area contributed by atoms with Crippen LogP contribution < -0.4 is 5.32 Å². The summed E-state index contributed by atoms with van der Waals surface area (Å²) < 4.78 is 2.27. The number of pyridine rings is 2. The van der Waals surface area contributed by atoms with E-state index in [-0.39, 0.29) is 5.69 Å². The number of benzene rings is 1. The van der Waals surface area contributed by atoms with Gasteiger partial charge < -0.3 is 5.32 Å². The molecule has 0 saturated carbocycles. The predicted molar refractivity (Wildman–Crippen MR) is 114 cm³/mol. The zero-order valence-corrected chi connectivity index (χ0v) is 17.2. The zero-order chi connectivity index (χ0) is 20.4. The number of imidazole rings is 1. The molecule has 1 aromatic carbocycles. The van der Waals surface area contributed by atoms with Crippen molar-refractivity contribution in [3.8, 4) is 23.3 Å². The summed E-state index contributed by atoms with van der Waals surface area (Å²) in [5, 5.41) is 23.7. The summed E-state index contributed by atoms with van der Waals surface area (Å²) in [7, 11) is 0. The third-order valence-electron chi connectivity index (χ3n) is 4.46. The largest absolute Gasteiger partial charge is 0.377 e. The first-order chi connectivity index (χ1) is 14.2. The van der Waals surface area contributed by atoms with Crippen LogP contribution in [0.3, 0.4) is 0 Å². The van der Waals surface area contributed by atoms with Crippen LogP contribution in [0.2, 0.25) is 5.02 Å². The molecular formula is C21H12BrClN6. The van der Waals surface area contributed by atoms with E-state index in [0.29, 0.717) is 44.2 Å². The summed E-state index contributed by atoms with van der Waals surface area (Å²) in [4.78, 5) is 8.52. The fourth-order valence-corrected chi connectivity index (χ4v) is 3.87. The Morgan fingerprint density at radius 3 is 2.62 bits per heavy atom. The summed E-state index contributed by atoms with van der Waals surface area (Å²) in [6.07, 6.45) is 5.05. The van der Waals surface area contributed by atoms with Crippen molar-refractivity contribution in [2.75, 3.05) is 5.32 Å². The number of anilines is 1. The molecule has 0 aliphatic heterocycles. The quantitative estimate of drug-likeness (QED) is 0.451. The third-order valence-corrected chi connectivity index (χ3v) is 5.34. The Kier molecular flexibility index (Phi) is 5.18. The lowest BCUT2D eigenvalue weighted by atomic mass is 9.97. The van der Waals surface area contributed by atoms with E-state index in [4.69, 9.17) is 11.6 Å². The van der Waals surface area contributed by atoms with Crippen LogP contribution in [0.1, 0.15) is 16.8 Å². The number of nitriles is 2. The van der Waals surface area contributed by atoms with Crippen molar-refractivity contribution >= 4 is 38.9 Å². The summed E-state index contributed by atoms with van der Waals surface area (Å²) in [5.74, 6) is 0. The van der Waals surface area contributed by atoms with Crippen molar-refractivity contribution in [3.05, 3.63) is 81.4 Å². The van der Waals surface area contributed by atoms with E-state index in [1.807, 2.05) is 18.2 Å². The van der Waals surface area contributed by atoms with Gasteiger partial charge in [-0.25, -0.2) is 4.98 Å².